The van der Waals surface area contributed by atoms with Crippen molar-refractivity contribution in [2.45, 2.75) is 0 Å². The molecular formula is C7H6ClN3O. The molecule has 0 N–H and O–H groups in total. The maximum absolute atomic E-state index is 11.3. The molecule has 2 heterocycles. The molecular weight excluding hydrogens is 178 g/mol. The van der Waals surface area contributed by atoms with E-state index in [1.807, 2.05) is 0 Å². The van der Waals surface area contributed by atoms with Gasteiger partial charge in [0.1, 0.15) is 0 Å². The normalized spacial score (nSPS) is 10.8. The highest BCUT2D eigenvalue weighted by atomic mass is 35.5. The van der Waals surface area contributed by atoms with Crippen LogP contribution >= 0.6 is 11.6 Å². The highest BCUT2D eigenvalue weighted by Gasteiger charge is 2.01. The number of halogens is 1. The van der Waals surface area contributed by atoms with Gasteiger partial charge in [-0.3, -0.25) is 4.40 Å². The molecule has 0 fully saturated rings. The van der Waals surface area contributed by atoms with Gasteiger partial charge in [0.15, 0.2) is 5.65 Å². The zero-order valence-electron chi connectivity index (χ0n) is 6.36. The molecule has 5 heteroatoms. The Balaban J connectivity index is 2.97. The third kappa shape index (κ3) is 0.921. The van der Waals surface area contributed by atoms with Crippen molar-refractivity contribution in [1.82, 2.24) is 14.2 Å². The van der Waals surface area contributed by atoms with Crippen molar-refractivity contribution in [3.05, 3.63) is 33.8 Å². The molecule has 4 nitrogen and oxygen atoms in total. The summed E-state index contributed by atoms with van der Waals surface area (Å²) in [5.41, 5.74) is 0.400. The first kappa shape index (κ1) is 7.36. The lowest BCUT2D eigenvalue weighted by Gasteiger charge is -1.88. The summed E-state index contributed by atoms with van der Waals surface area (Å²) in [5, 5.41) is 4.53. The molecule has 0 aliphatic rings. The molecule has 0 aromatic carbocycles. The predicted molar refractivity (Wildman–Crippen MR) is 45.4 cm³/mol. The van der Waals surface area contributed by atoms with Crippen LogP contribution in [0.1, 0.15) is 0 Å². The number of hydrogen-bond donors (Lipinski definition) is 0. The molecule has 0 saturated carbocycles. The number of aromatic nitrogens is 3. The SMILES string of the molecule is Cn1nc2cc(Cl)ccn2c1=O. The second-order valence-electron chi connectivity index (χ2n) is 2.48. The van der Waals surface area contributed by atoms with Gasteiger partial charge in [0.25, 0.3) is 0 Å². The Morgan fingerprint density at radius 2 is 2.33 bits per heavy atom. The molecule has 2 aromatic heterocycles. The van der Waals surface area contributed by atoms with Crippen LogP contribution in [0.15, 0.2) is 23.1 Å². The van der Waals surface area contributed by atoms with E-state index in [1.54, 1.807) is 25.4 Å². The van der Waals surface area contributed by atoms with E-state index >= 15 is 0 Å². The quantitative estimate of drug-likeness (QED) is 0.603. The van der Waals surface area contributed by atoms with Gasteiger partial charge in [-0.05, 0) is 6.07 Å². The molecule has 0 spiro atoms. The minimum absolute atomic E-state index is 0.165. The van der Waals surface area contributed by atoms with Gasteiger partial charge >= 0.3 is 5.69 Å². The van der Waals surface area contributed by atoms with E-state index < -0.39 is 0 Å². The zero-order valence-corrected chi connectivity index (χ0v) is 7.12. The van der Waals surface area contributed by atoms with Crippen LogP contribution in [-0.2, 0) is 7.05 Å². The van der Waals surface area contributed by atoms with Crippen LogP contribution in [0.4, 0.5) is 0 Å². The van der Waals surface area contributed by atoms with Crippen molar-refractivity contribution in [3.8, 4) is 0 Å². The second-order valence-corrected chi connectivity index (χ2v) is 2.92. The van der Waals surface area contributed by atoms with E-state index in [4.69, 9.17) is 11.6 Å². The zero-order chi connectivity index (χ0) is 8.72. The van der Waals surface area contributed by atoms with Gasteiger partial charge in [0.05, 0.1) is 0 Å². The van der Waals surface area contributed by atoms with E-state index in [1.165, 1.54) is 9.08 Å². The Morgan fingerprint density at radius 3 is 3.08 bits per heavy atom. The minimum atomic E-state index is -0.165. The maximum atomic E-state index is 11.3. The van der Waals surface area contributed by atoms with Crippen LogP contribution < -0.4 is 5.69 Å². The first-order chi connectivity index (χ1) is 5.68. The van der Waals surface area contributed by atoms with Gasteiger partial charge in [-0.2, -0.15) is 5.10 Å². The molecule has 0 unspecified atom stereocenters. The van der Waals surface area contributed by atoms with E-state index in [-0.39, 0.29) is 5.69 Å². The van der Waals surface area contributed by atoms with Crippen LogP contribution in [0.3, 0.4) is 0 Å². The van der Waals surface area contributed by atoms with Gasteiger partial charge in [-0.15, -0.1) is 0 Å². The third-order valence-corrected chi connectivity index (χ3v) is 1.87. The maximum Gasteiger partial charge on any atom is 0.350 e. The van der Waals surface area contributed by atoms with E-state index in [9.17, 15) is 4.79 Å². The largest absolute Gasteiger partial charge is 0.350 e. The summed E-state index contributed by atoms with van der Waals surface area (Å²) < 4.78 is 2.71. The molecule has 12 heavy (non-hydrogen) atoms. The van der Waals surface area contributed by atoms with E-state index in [0.29, 0.717) is 10.7 Å². The van der Waals surface area contributed by atoms with Gasteiger partial charge in [0.2, 0.25) is 0 Å². The average Bonchev–Trinajstić information content (AvgIpc) is 2.28. The molecule has 0 aliphatic heterocycles. The summed E-state index contributed by atoms with van der Waals surface area (Å²) >= 11 is 5.72. The van der Waals surface area contributed by atoms with Crippen LogP contribution in [0, 0.1) is 0 Å². The first-order valence-corrected chi connectivity index (χ1v) is 3.77. The molecule has 0 aliphatic carbocycles. The van der Waals surface area contributed by atoms with Gasteiger partial charge in [-0.25, -0.2) is 9.48 Å². The highest BCUT2D eigenvalue weighted by Crippen LogP contribution is 2.08. The van der Waals surface area contributed by atoms with E-state index in [0.717, 1.165) is 0 Å². The minimum Gasteiger partial charge on any atom is -0.250 e. The second kappa shape index (κ2) is 2.35. The lowest BCUT2D eigenvalue weighted by Crippen LogP contribution is -2.17. The van der Waals surface area contributed by atoms with Crippen molar-refractivity contribution < 1.29 is 0 Å². The van der Waals surface area contributed by atoms with Gasteiger partial charge < -0.3 is 0 Å². The molecule has 2 aromatic rings. The standard InChI is InChI=1S/C7H6ClN3O/c1-10-7(12)11-3-2-5(8)4-6(11)9-10/h2-4H,1H3. The van der Waals surface area contributed by atoms with Gasteiger partial charge in [0, 0.05) is 24.3 Å². The van der Waals surface area contributed by atoms with Crippen LogP contribution in [0.5, 0.6) is 0 Å². The highest BCUT2D eigenvalue weighted by molar-refractivity contribution is 6.30. The number of pyridine rings is 1. The molecule has 0 amide bonds. The Morgan fingerprint density at radius 1 is 1.58 bits per heavy atom. The Hall–Kier alpha value is -1.29. The summed E-state index contributed by atoms with van der Waals surface area (Å²) in [4.78, 5) is 11.3. The van der Waals surface area contributed by atoms with Crippen molar-refractivity contribution in [2.24, 2.45) is 7.05 Å². The Bertz CT molecular complexity index is 485. The van der Waals surface area contributed by atoms with Crippen molar-refractivity contribution in [1.29, 1.82) is 0 Å². The summed E-state index contributed by atoms with van der Waals surface area (Å²) in [5.74, 6) is 0. The van der Waals surface area contributed by atoms with Crippen LogP contribution in [-0.4, -0.2) is 14.2 Å². The van der Waals surface area contributed by atoms with Gasteiger partial charge in [-0.1, -0.05) is 11.6 Å². The molecule has 62 valence electrons. The summed E-state index contributed by atoms with van der Waals surface area (Å²) in [6, 6.07) is 3.29. The molecule has 0 radical (unpaired) electrons. The fraction of sp³-hybridized carbons (Fsp3) is 0.143. The third-order valence-electron chi connectivity index (χ3n) is 1.63. The predicted octanol–water partition coefficient (Wildman–Crippen LogP) is 0.686. The lowest BCUT2D eigenvalue weighted by molar-refractivity contribution is 0.733. The van der Waals surface area contributed by atoms with Crippen molar-refractivity contribution in [2.75, 3.05) is 0 Å². The molecule has 2 rings (SSSR count). The molecule has 0 atom stereocenters. The monoisotopic (exact) mass is 183 g/mol. The Labute approximate surface area is 73.0 Å². The summed E-state index contributed by atoms with van der Waals surface area (Å²) in [6.07, 6.45) is 1.60. The number of nitrogens with zero attached hydrogens (tertiary/aromatic N) is 3. The van der Waals surface area contributed by atoms with Crippen molar-refractivity contribution >= 4 is 17.2 Å². The fourth-order valence-corrected chi connectivity index (χ4v) is 1.21. The van der Waals surface area contributed by atoms with E-state index in [2.05, 4.69) is 5.10 Å². The average molecular weight is 184 g/mol. The Kier molecular flexibility index (Phi) is 1.44. The number of fused-ring (bicyclic) bond motifs is 1. The molecule has 0 bridgehead atoms. The first-order valence-electron chi connectivity index (χ1n) is 3.39. The topological polar surface area (TPSA) is 39.3 Å². The fourth-order valence-electron chi connectivity index (χ4n) is 1.05. The smallest absolute Gasteiger partial charge is 0.250 e. The lowest BCUT2D eigenvalue weighted by atomic mass is 10.5. The molecule has 0 saturated heterocycles. The van der Waals surface area contributed by atoms with Crippen LogP contribution in [0.25, 0.3) is 5.65 Å². The van der Waals surface area contributed by atoms with Crippen LogP contribution in [0.2, 0.25) is 5.02 Å². The summed E-state index contributed by atoms with van der Waals surface area (Å²) in [7, 11) is 1.60. The summed E-state index contributed by atoms with van der Waals surface area (Å²) in [6.45, 7) is 0. The number of rotatable bonds is 0. The number of hydrogen-bond acceptors (Lipinski definition) is 2. The van der Waals surface area contributed by atoms with Crippen molar-refractivity contribution in [3.63, 3.8) is 0 Å². The number of aryl methyl sites for hydroxylation is 1.